The van der Waals surface area contributed by atoms with Crippen molar-refractivity contribution < 1.29 is 0 Å². The SMILES string of the molecule is Cc1ccc(CNC(C)c2ccc(Cl)s2)c(Cl)c1. The number of rotatable bonds is 4. The third-order valence-electron chi connectivity index (χ3n) is 2.83. The first-order chi connectivity index (χ1) is 8.56. The molecule has 1 heterocycles. The number of thiophene rings is 1. The van der Waals surface area contributed by atoms with E-state index >= 15 is 0 Å². The molecule has 0 aliphatic carbocycles. The summed E-state index contributed by atoms with van der Waals surface area (Å²) in [5, 5.41) is 4.27. The normalized spacial score (nSPS) is 12.7. The van der Waals surface area contributed by atoms with Crippen LogP contribution >= 0.6 is 34.5 Å². The van der Waals surface area contributed by atoms with Crippen LogP contribution in [0.15, 0.2) is 30.3 Å². The zero-order valence-corrected chi connectivity index (χ0v) is 12.7. The van der Waals surface area contributed by atoms with E-state index in [-0.39, 0.29) is 6.04 Å². The molecule has 0 saturated carbocycles. The van der Waals surface area contributed by atoms with Crippen molar-refractivity contribution in [3.8, 4) is 0 Å². The number of hydrogen-bond acceptors (Lipinski definition) is 2. The summed E-state index contributed by atoms with van der Waals surface area (Å²) in [5.41, 5.74) is 2.30. The van der Waals surface area contributed by atoms with E-state index in [0.717, 1.165) is 21.5 Å². The minimum absolute atomic E-state index is 0.278. The maximum absolute atomic E-state index is 6.20. The van der Waals surface area contributed by atoms with Gasteiger partial charge in [0.05, 0.1) is 4.34 Å². The lowest BCUT2D eigenvalue weighted by molar-refractivity contribution is 0.583. The summed E-state index contributed by atoms with van der Waals surface area (Å²) in [4.78, 5) is 1.24. The Hall–Kier alpha value is -0.540. The first kappa shape index (κ1) is 13.9. The second-order valence-electron chi connectivity index (χ2n) is 4.34. The van der Waals surface area contributed by atoms with Crippen molar-refractivity contribution >= 4 is 34.5 Å². The van der Waals surface area contributed by atoms with Gasteiger partial charge >= 0.3 is 0 Å². The maximum atomic E-state index is 6.20. The topological polar surface area (TPSA) is 12.0 Å². The molecule has 2 rings (SSSR count). The van der Waals surface area contributed by atoms with Crippen LogP contribution in [0.25, 0.3) is 0 Å². The highest BCUT2D eigenvalue weighted by atomic mass is 35.5. The first-order valence-electron chi connectivity index (χ1n) is 5.80. The summed E-state index contributed by atoms with van der Waals surface area (Å²) in [6, 6.07) is 10.4. The van der Waals surface area contributed by atoms with Gasteiger partial charge in [-0.2, -0.15) is 0 Å². The third kappa shape index (κ3) is 3.48. The van der Waals surface area contributed by atoms with Crippen LogP contribution in [-0.2, 0) is 6.54 Å². The predicted octanol–water partition coefficient (Wildman–Crippen LogP) is 5.21. The fourth-order valence-electron chi connectivity index (χ4n) is 1.72. The molecule has 0 fully saturated rings. The standard InChI is InChI=1S/C14H15Cl2NS/c1-9-3-4-11(12(15)7-9)8-17-10(2)13-5-6-14(16)18-13/h3-7,10,17H,8H2,1-2H3. The molecular formula is C14H15Cl2NS. The van der Waals surface area contributed by atoms with Crippen molar-refractivity contribution in [2.45, 2.75) is 26.4 Å². The largest absolute Gasteiger partial charge is 0.305 e. The van der Waals surface area contributed by atoms with Crippen molar-refractivity contribution in [3.05, 3.63) is 55.7 Å². The van der Waals surface area contributed by atoms with Gasteiger partial charge < -0.3 is 5.32 Å². The lowest BCUT2D eigenvalue weighted by atomic mass is 10.1. The minimum Gasteiger partial charge on any atom is -0.305 e. The smallest absolute Gasteiger partial charge is 0.0931 e. The molecule has 0 bridgehead atoms. The molecule has 18 heavy (non-hydrogen) atoms. The van der Waals surface area contributed by atoms with E-state index in [4.69, 9.17) is 23.2 Å². The van der Waals surface area contributed by atoms with E-state index in [1.54, 1.807) is 11.3 Å². The van der Waals surface area contributed by atoms with Gasteiger partial charge in [0.25, 0.3) is 0 Å². The molecule has 0 spiro atoms. The Balaban J connectivity index is 1.99. The van der Waals surface area contributed by atoms with Crippen molar-refractivity contribution in [2.24, 2.45) is 0 Å². The monoisotopic (exact) mass is 299 g/mol. The van der Waals surface area contributed by atoms with Crippen LogP contribution in [0.1, 0.15) is 29.0 Å². The minimum atomic E-state index is 0.278. The van der Waals surface area contributed by atoms with Crippen LogP contribution in [0.5, 0.6) is 0 Å². The molecule has 0 radical (unpaired) electrons. The second kappa shape index (κ2) is 6.07. The molecular weight excluding hydrogens is 285 g/mol. The molecule has 1 aromatic heterocycles. The molecule has 0 aliphatic heterocycles. The zero-order valence-electron chi connectivity index (χ0n) is 10.3. The molecule has 1 aromatic carbocycles. The first-order valence-corrected chi connectivity index (χ1v) is 7.37. The van der Waals surface area contributed by atoms with Crippen LogP contribution in [0.4, 0.5) is 0 Å². The van der Waals surface area contributed by atoms with E-state index in [2.05, 4.69) is 30.4 Å². The molecule has 1 atom stereocenters. The van der Waals surface area contributed by atoms with E-state index in [1.165, 1.54) is 10.4 Å². The Bertz CT molecular complexity index is 536. The molecule has 0 aliphatic rings. The van der Waals surface area contributed by atoms with Gasteiger partial charge in [0.1, 0.15) is 0 Å². The number of hydrogen-bond donors (Lipinski definition) is 1. The fraction of sp³-hybridized carbons (Fsp3) is 0.286. The van der Waals surface area contributed by atoms with Crippen LogP contribution in [0, 0.1) is 6.92 Å². The van der Waals surface area contributed by atoms with E-state index in [0.29, 0.717) is 0 Å². The van der Waals surface area contributed by atoms with Gasteiger partial charge in [-0.15, -0.1) is 11.3 Å². The van der Waals surface area contributed by atoms with Gasteiger partial charge in [0, 0.05) is 22.5 Å². The van der Waals surface area contributed by atoms with Gasteiger partial charge in [0.2, 0.25) is 0 Å². The number of halogens is 2. The lowest BCUT2D eigenvalue weighted by Crippen LogP contribution is -2.17. The molecule has 96 valence electrons. The maximum Gasteiger partial charge on any atom is 0.0931 e. The predicted molar refractivity (Wildman–Crippen MR) is 80.8 cm³/mol. The zero-order chi connectivity index (χ0) is 13.1. The van der Waals surface area contributed by atoms with Gasteiger partial charge in [-0.05, 0) is 43.2 Å². The summed E-state index contributed by atoms with van der Waals surface area (Å²) in [6.45, 7) is 4.93. The van der Waals surface area contributed by atoms with Crippen molar-refractivity contribution in [1.82, 2.24) is 5.32 Å². The Labute approximate surface area is 122 Å². The van der Waals surface area contributed by atoms with E-state index in [9.17, 15) is 0 Å². The van der Waals surface area contributed by atoms with Gasteiger partial charge in [-0.3, -0.25) is 0 Å². The molecule has 4 heteroatoms. The summed E-state index contributed by atoms with van der Waals surface area (Å²) >= 11 is 13.7. The van der Waals surface area contributed by atoms with Gasteiger partial charge in [-0.25, -0.2) is 0 Å². The van der Waals surface area contributed by atoms with Crippen LogP contribution in [0.3, 0.4) is 0 Å². The molecule has 0 amide bonds. The number of benzene rings is 1. The van der Waals surface area contributed by atoms with Gasteiger partial charge in [-0.1, -0.05) is 35.3 Å². The Morgan fingerprint density at radius 2 is 2.00 bits per heavy atom. The van der Waals surface area contributed by atoms with Crippen molar-refractivity contribution in [2.75, 3.05) is 0 Å². The highest BCUT2D eigenvalue weighted by molar-refractivity contribution is 7.16. The second-order valence-corrected chi connectivity index (χ2v) is 6.49. The summed E-state index contributed by atoms with van der Waals surface area (Å²) < 4.78 is 0.826. The van der Waals surface area contributed by atoms with Crippen LogP contribution in [-0.4, -0.2) is 0 Å². The summed E-state index contributed by atoms with van der Waals surface area (Å²) in [7, 11) is 0. The van der Waals surface area contributed by atoms with Crippen molar-refractivity contribution in [3.63, 3.8) is 0 Å². The highest BCUT2D eigenvalue weighted by Gasteiger charge is 2.08. The average Bonchev–Trinajstić information content (AvgIpc) is 2.74. The Morgan fingerprint density at radius 3 is 2.61 bits per heavy atom. The molecule has 2 aromatic rings. The summed E-state index contributed by atoms with van der Waals surface area (Å²) in [6.07, 6.45) is 0. The quantitative estimate of drug-likeness (QED) is 0.817. The lowest BCUT2D eigenvalue weighted by Gasteiger charge is -2.13. The Kier molecular flexibility index (Phi) is 4.68. The number of nitrogens with one attached hydrogen (secondary N) is 1. The van der Waals surface area contributed by atoms with Gasteiger partial charge in [0.15, 0.2) is 0 Å². The third-order valence-corrected chi connectivity index (χ3v) is 4.59. The number of aryl methyl sites for hydroxylation is 1. The molecule has 0 saturated heterocycles. The highest BCUT2D eigenvalue weighted by Crippen LogP contribution is 2.27. The van der Waals surface area contributed by atoms with Crippen LogP contribution in [0.2, 0.25) is 9.36 Å². The fourth-order valence-corrected chi connectivity index (χ4v) is 3.11. The Morgan fingerprint density at radius 1 is 1.22 bits per heavy atom. The molecule has 1 N–H and O–H groups in total. The van der Waals surface area contributed by atoms with Crippen LogP contribution < -0.4 is 5.32 Å². The van der Waals surface area contributed by atoms with E-state index < -0.39 is 0 Å². The molecule has 1 nitrogen and oxygen atoms in total. The molecule has 1 unspecified atom stereocenters. The van der Waals surface area contributed by atoms with E-state index in [1.807, 2.05) is 19.1 Å². The van der Waals surface area contributed by atoms with Crippen molar-refractivity contribution in [1.29, 1.82) is 0 Å². The average molecular weight is 300 g/mol. The summed E-state index contributed by atoms with van der Waals surface area (Å²) in [5.74, 6) is 0.